The summed E-state index contributed by atoms with van der Waals surface area (Å²) in [6.45, 7) is 2.88. The maximum Gasteiger partial charge on any atom is 0.326 e. The van der Waals surface area contributed by atoms with Crippen molar-refractivity contribution < 1.29 is 33.3 Å². The quantitative estimate of drug-likeness (QED) is 0.541. The number of ether oxygens (including phenoxy) is 4. The van der Waals surface area contributed by atoms with Crippen molar-refractivity contribution in [1.82, 2.24) is 10.6 Å². The lowest BCUT2D eigenvalue weighted by Gasteiger charge is -2.18. The number of nitrogens with one attached hydrogen (secondary N) is 2. The van der Waals surface area contributed by atoms with Gasteiger partial charge in [0.1, 0.15) is 6.54 Å². The molecule has 2 unspecified atom stereocenters. The zero-order valence-electron chi connectivity index (χ0n) is 18.8. The molecule has 2 N–H and O–H groups in total. The Morgan fingerprint density at radius 3 is 2.03 bits per heavy atom. The highest BCUT2D eigenvalue weighted by Crippen LogP contribution is 2.38. The maximum atomic E-state index is 12.5. The Labute approximate surface area is 187 Å². The number of methoxy groups -OCH3 is 3. The van der Waals surface area contributed by atoms with Gasteiger partial charge in [-0.05, 0) is 31.5 Å². The fraction of sp³-hybridized carbons (Fsp3) is 0.348. The summed E-state index contributed by atoms with van der Waals surface area (Å²) in [6, 6.07) is 12.1. The Bertz CT molecular complexity index is 922. The first-order valence-electron chi connectivity index (χ1n) is 9.93. The second kappa shape index (κ2) is 11.6. The number of amides is 2. The van der Waals surface area contributed by atoms with Crippen LogP contribution < -0.4 is 24.8 Å². The summed E-state index contributed by atoms with van der Waals surface area (Å²) in [5, 5.41) is 5.24. The molecule has 2 aromatic carbocycles. The van der Waals surface area contributed by atoms with Crippen molar-refractivity contribution in [3.8, 4) is 17.2 Å². The predicted octanol–water partition coefficient (Wildman–Crippen LogP) is 2.25. The number of carbonyl (C=O) groups is 3. The van der Waals surface area contributed by atoms with Crippen LogP contribution in [-0.2, 0) is 14.3 Å². The van der Waals surface area contributed by atoms with E-state index in [0.29, 0.717) is 17.2 Å². The molecule has 0 aliphatic heterocycles. The van der Waals surface area contributed by atoms with E-state index in [-0.39, 0.29) is 11.6 Å². The summed E-state index contributed by atoms with van der Waals surface area (Å²) in [5.74, 6) is -0.784. The van der Waals surface area contributed by atoms with Gasteiger partial charge < -0.3 is 29.6 Å². The van der Waals surface area contributed by atoms with Crippen molar-refractivity contribution >= 4 is 17.8 Å². The third-order valence-corrected chi connectivity index (χ3v) is 4.66. The van der Waals surface area contributed by atoms with Gasteiger partial charge in [0.15, 0.2) is 17.6 Å². The number of hydrogen-bond acceptors (Lipinski definition) is 7. The van der Waals surface area contributed by atoms with Crippen LogP contribution in [0.25, 0.3) is 0 Å². The standard InChI is InChI=1S/C23H28N2O7/c1-14(16-9-7-6-8-10-16)25-22(27)15(2)32-20(26)13-24-23(28)17-11-18(29-3)21(31-5)19(12-17)30-4/h6-12,14-15H,13H2,1-5H3,(H,24,28)(H,25,27). The van der Waals surface area contributed by atoms with Gasteiger partial charge in [-0.1, -0.05) is 30.3 Å². The van der Waals surface area contributed by atoms with Crippen LogP contribution in [0.15, 0.2) is 42.5 Å². The van der Waals surface area contributed by atoms with Crippen LogP contribution in [0.5, 0.6) is 17.2 Å². The smallest absolute Gasteiger partial charge is 0.326 e. The summed E-state index contributed by atoms with van der Waals surface area (Å²) in [6.07, 6.45) is -1.02. The van der Waals surface area contributed by atoms with Gasteiger partial charge in [0.05, 0.1) is 27.4 Å². The highest BCUT2D eigenvalue weighted by molar-refractivity contribution is 5.97. The normalized spacial score (nSPS) is 12.2. The highest BCUT2D eigenvalue weighted by atomic mass is 16.5. The summed E-state index contributed by atoms with van der Waals surface area (Å²) < 4.78 is 20.8. The first kappa shape index (κ1) is 24.5. The number of hydrogen-bond donors (Lipinski definition) is 2. The molecule has 0 heterocycles. The Morgan fingerprint density at radius 1 is 0.906 bits per heavy atom. The summed E-state index contributed by atoms with van der Waals surface area (Å²) in [7, 11) is 4.32. The predicted molar refractivity (Wildman–Crippen MR) is 117 cm³/mol. The van der Waals surface area contributed by atoms with Crippen LogP contribution >= 0.6 is 0 Å². The van der Waals surface area contributed by atoms with Gasteiger partial charge in [-0.25, -0.2) is 0 Å². The molecule has 9 nitrogen and oxygen atoms in total. The SMILES string of the molecule is COc1cc(C(=O)NCC(=O)OC(C)C(=O)NC(C)c2ccccc2)cc(OC)c1OC. The highest BCUT2D eigenvalue weighted by Gasteiger charge is 2.21. The Hall–Kier alpha value is -3.75. The Morgan fingerprint density at radius 2 is 1.50 bits per heavy atom. The summed E-state index contributed by atoms with van der Waals surface area (Å²) >= 11 is 0. The van der Waals surface area contributed by atoms with Crippen LogP contribution in [-0.4, -0.2) is 51.8 Å². The molecule has 2 rings (SSSR count). The van der Waals surface area contributed by atoms with Crippen LogP contribution in [0.4, 0.5) is 0 Å². The molecule has 0 radical (unpaired) electrons. The molecule has 2 aromatic rings. The molecule has 0 aromatic heterocycles. The molecule has 32 heavy (non-hydrogen) atoms. The van der Waals surface area contributed by atoms with E-state index < -0.39 is 30.4 Å². The lowest BCUT2D eigenvalue weighted by atomic mass is 10.1. The fourth-order valence-corrected chi connectivity index (χ4v) is 2.91. The van der Waals surface area contributed by atoms with E-state index in [4.69, 9.17) is 18.9 Å². The summed E-state index contributed by atoms with van der Waals surface area (Å²) in [5.41, 5.74) is 1.13. The zero-order valence-corrected chi connectivity index (χ0v) is 18.8. The first-order chi connectivity index (χ1) is 15.3. The van der Waals surface area contributed by atoms with Gasteiger partial charge in [-0.2, -0.15) is 0 Å². The topological polar surface area (TPSA) is 112 Å². The largest absolute Gasteiger partial charge is 0.493 e. The second-order valence-corrected chi connectivity index (χ2v) is 6.87. The monoisotopic (exact) mass is 444 g/mol. The average Bonchev–Trinajstić information content (AvgIpc) is 2.81. The minimum atomic E-state index is -1.02. The zero-order chi connectivity index (χ0) is 23.7. The lowest BCUT2D eigenvalue weighted by Crippen LogP contribution is -2.39. The van der Waals surface area contributed by atoms with Crippen molar-refractivity contribution in [2.24, 2.45) is 0 Å². The number of rotatable bonds is 10. The van der Waals surface area contributed by atoms with Crippen LogP contribution in [0.1, 0.15) is 35.8 Å². The third kappa shape index (κ3) is 6.37. The summed E-state index contributed by atoms with van der Waals surface area (Å²) in [4.78, 5) is 36.9. The molecule has 0 saturated carbocycles. The van der Waals surface area contributed by atoms with Gasteiger partial charge in [0, 0.05) is 5.56 Å². The minimum Gasteiger partial charge on any atom is -0.493 e. The Kier molecular flexibility index (Phi) is 8.88. The van der Waals surface area contributed by atoms with Gasteiger partial charge >= 0.3 is 5.97 Å². The second-order valence-electron chi connectivity index (χ2n) is 6.87. The molecule has 9 heteroatoms. The van der Waals surface area contributed by atoms with Crippen LogP contribution in [0, 0.1) is 0 Å². The van der Waals surface area contributed by atoms with Crippen molar-refractivity contribution in [2.45, 2.75) is 26.0 Å². The van der Waals surface area contributed by atoms with E-state index in [1.807, 2.05) is 37.3 Å². The van der Waals surface area contributed by atoms with Crippen LogP contribution in [0.2, 0.25) is 0 Å². The van der Waals surface area contributed by atoms with Gasteiger partial charge in [-0.15, -0.1) is 0 Å². The average molecular weight is 444 g/mol. The fourth-order valence-electron chi connectivity index (χ4n) is 2.91. The molecule has 0 aliphatic rings. The molecule has 172 valence electrons. The van der Waals surface area contributed by atoms with E-state index in [0.717, 1.165) is 5.56 Å². The molecular formula is C23H28N2O7. The number of esters is 1. The van der Waals surface area contributed by atoms with E-state index in [1.54, 1.807) is 0 Å². The van der Waals surface area contributed by atoms with Gasteiger partial charge in [0.2, 0.25) is 5.75 Å². The van der Waals surface area contributed by atoms with Crippen molar-refractivity contribution in [2.75, 3.05) is 27.9 Å². The molecule has 0 aliphatic carbocycles. The molecule has 0 spiro atoms. The van der Waals surface area contributed by atoms with E-state index in [2.05, 4.69) is 10.6 Å². The van der Waals surface area contributed by atoms with Crippen molar-refractivity contribution in [1.29, 1.82) is 0 Å². The van der Waals surface area contributed by atoms with E-state index in [1.165, 1.54) is 40.4 Å². The molecule has 2 amide bonds. The molecule has 0 fully saturated rings. The molecule has 2 atom stereocenters. The third-order valence-electron chi connectivity index (χ3n) is 4.66. The van der Waals surface area contributed by atoms with Crippen molar-refractivity contribution in [3.63, 3.8) is 0 Å². The minimum absolute atomic E-state index is 0.203. The lowest BCUT2D eigenvalue weighted by molar-refractivity contribution is -0.154. The van der Waals surface area contributed by atoms with Crippen molar-refractivity contribution in [3.05, 3.63) is 53.6 Å². The number of carbonyl (C=O) groups excluding carboxylic acids is 3. The van der Waals surface area contributed by atoms with Gasteiger partial charge in [0.25, 0.3) is 11.8 Å². The molecule has 0 saturated heterocycles. The van der Waals surface area contributed by atoms with E-state index >= 15 is 0 Å². The molecule has 0 bridgehead atoms. The van der Waals surface area contributed by atoms with Crippen LogP contribution in [0.3, 0.4) is 0 Å². The number of benzene rings is 2. The molecular weight excluding hydrogens is 416 g/mol. The first-order valence-corrected chi connectivity index (χ1v) is 9.93. The van der Waals surface area contributed by atoms with E-state index in [9.17, 15) is 14.4 Å². The maximum absolute atomic E-state index is 12.5. The Balaban J connectivity index is 1.90. The van der Waals surface area contributed by atoms with Gasteiger partial charge in [-0.3, -0.25) is 14.4 Å².